The molecule has 0 saturated carbocycles. The number of aromatic nitrogens is 1. The molecule has 0 saturated heterocycles. The van der Waals surface area contributed by atoms with E-state index in [9.17, 15) is 4.79 Å². The van der Waals surface area contributed by atoms with Gasteiger partial charge in [-0.3, -0.25) is 4.79 Å². The Bertz CT molecular complexity index is 673. The van der Waals surface area contributed by atoms with Gasteiger partial charge >= 0.3 is 0 Å². The summed E-state index contributed by atoms with van der Waals surface area (Å²) in [6.45, 7) is 9.01. The molecule has 4 nitrogen and oxygen atoms in total. The first kappa shape index (κ1) is 17.6. The number of nitrogens with one attached hydrogen (secondary N) is 1. The van der Waals surface area contributed by atoms with Crippen molar-refractivity contribution in [1.82, 2.24) is 10.3 Å². The van der Waals surface area contributed by atoms with E-state index in [1.807, 2.05) is 12.1 Å². The Hall–Kier alpha value is -1.72. The molecule has 0 fully saturated rings. The van der Waals surface area contributed by atoms with Crippen LogP contribution in [0.1, 0.15) is 53.4 Å². The van der Waals surface area contributed by atoms with Gasteiger partial charge in [-0.1, -0.05) is 45.0 Å². The molecule has 1 heterocycles. The van der Waals surface area contributed by atoms with Gasteiger partial charge in [0, 0.05) is 11.8 Å². The standard InChI is InChI=1S/C18H25N3OS/c1-12-7-5-6-8-13(12)16(18(2,3)4)21-17(22)14-11-23-15(20-14)9-10-19/h5-8,11,16H,9-10,19H2,1-4H3,(H,21,22). The molecule has 1 atom stereocenters. The molecular formula is C18H25N3OS. The molecule has 2 rings (SSSR count). The Kier molecular flexibility index (Phi) is 5.55. The molecule has 5 heteroatoms. The second-order valence-electron chi connectivity index (χ2n) is 6.79. The third-order valence-corrected chi connectivity index (χ3v) is 4.69. The van der Waals surface area contributed by atoms with Crippen LogP contribution in [0, 0.1) is 12.3 Å². The molecule has 3 N–H and O–H groups in total. The molecular weight excluding hydrogens is 306 g/mol. The van der Waals surface area contributed by atoms with Gasteiger partial charge in [-0.25, -0.2) is 4.98 Å². The van der Waals surface area contributed by atoms with Gasteiger partial charge in [0.1, 0.15) is 5.69 Å². The summed E-state index contributed by atoms with van der Waals surface area (Å²) in [6, 6.07) is 8.10. The van der Waals surface area contributed by atoms with Crippen LogP contribution in [0.3, 0.4) is 0 Å². The van der Waals surface area contributed by atoms with Crippen molar-refractivity contribution in [1.29, 1.82) is 0 Å². The first-order valence-electron chi connectivity index (χ1n) is 7.84. The summed E-state index contributed by atoms with van der Waals surface area (Å²) < 4.78 is 0. The van der Waals surface area contributed by atoms with Crippen molar-refractivity contribution in [2.75, 3.05) is 6.54 Å². The maximum atomic E-state index is 12.6. The summed E-state index contributed by atoms with van der Waals surface area (Å²) in [4.78, 5) is 17.0. The molecule has 23 heavy (non-hydrogen) atoms. The van der Waals surface area contributed by atoms with Crippen molar-refractivity contribution < 1.29 is 4.79 Å². The largest absolute Gasteiger partial charge is 0.343 e. The average Bonchev–Trinajstić information content (AvgIpc) is 2.93. The molecule has 0 aliphatic rings. The minimum absolute atomic E-state index is 0.0733. The van der Waals surface area contributed by atoms with Crippen LogP contribution in [0.4, 0.5) is 0 Å². The fourth-order valence-electron chi connectivity index (χ4n) is 2.53. The fourth-order valence-corrected chi connectivity index (χ4v) is 3.32. The number of carbonyl (C=O) groups excluding carboxylic acids is 1. The second-order valence-corrected chi connectivity index (χ2v) is 7.74. The van der Waals surface area contributed by atoms with Crippen molar-refractivity contribution in [3.8, 4) is 0 Å². The lowest BCUT2D eigenvalue weighted by molar-refractivity contribution is 0.0897. The van der Waals surface area contributed by atoms with Crippen molar-refractivity contribution in [3.63, 3.8) is 0 Å². The Morgan fingerprint density at radius 2 is 2.04 bits per heavy atom. The number of benzene rings is 1. The number of rotatable bonds is 5. The van der Waals surface area contributed by atoms with Gasteiger partial charge in [0.25, 0.3) is 5.91 Å². The topological polar surface area (TPSA) is 68.0 Å². The molecule has 0 aliphatic heterocycles. The van der Waals surface area contributed by atoms with E-state index in [0.717, 1.165) is 10.6 Å². The van der Waals surface area contributed by atoms with Gasteiger partial charge in [-0.15, -0.1) is 11.3 Å². The molecule has 1 unspecified atom stereocenters. The van der Waals surface area contributed by atoms with E-state index in [-0.39, 0.29) is 17.4 Å². The molecule has 1 aromatic heterocycles. The zero-order valence-corrected chi connectivity index (χ0v) is 15.0. The van der Waals surface area contributed by atoms with Crippen molar-refractivity contribution in [2.45, 2.75) is 40.2 Å². The van der Waals surface area contributed by atoms with E-state index in [1.165, 1.54) is 16.9 Å². The van der Waals surface area contributed by atoms with Crippen LogP contribution in [0.15, 0.2) is 29.6 Å². The summed E-state index contributed by atoms with van der Waals surface area (Å²) in [6.07, 6.45) is 0.707. The van der Waals surface area contributed by atoms with Crippen molar-refractivity contribution in [2.24, 2.45) is 11.1 Å². The monoisotopic (exact) mass is 331 g/mol. The van der Waals surface area contributed by atoms with E-state index in [4.69, 9.17) is 5.73 Å². The van der Waals surface area contributed by atoms with Gasteiger partial charge in [-0.2, -0.15) is 0 Å². The number of nitrogens with zero attached hydrogens (tertiary/aromatic N) is 1. The Balaban J connectivity index is 2.24. The quantitative estimate of drug-likeness (QED) is 0.881. The van der Waals surface area contributed by atoms with Gasteiger partial charge in [0.15, 0.2) is 0 Å². The molecule has 1 amide bonds. The van der Waals surface area contributed by atoms with Gasteiger partial charge in [0.2, 0.25) is 0 Å². The summed E-state index contributed by atoms with van der Waals surface area (Å²) >= 11 is 1.48. The first-order chi connectivity index (χ1) is 10.8. The average molecular weight is 331 g/mol. The normalized spacial score (nSPS) is 12.9. The van der Waals surface area contributed by atoms with Crippen molar-refractivity contribution >= 4 is 17.2 Å². The molecule has 0 bridgehead atoms. The van der Waals surface area contributed by atoms with E-state index >= 15 is 0 Å². The summed E-state index contributed by atoms with van der Waals surface area (Å²) in [7, 11) is 0. The minimum Gasteiger partial charge on any atom is -0.343 e. The highest BCUT2D eigenvalue weighted by Gasteiger charge is 2.29. The molecule has 2 aromatic rings. The maximum Gasteiger partial charge on any atom is 0.271 e. The molecule has 0 aliphatic carbocycles. The number of hydrogen-bond donors (Lipinski definition) is 2. The summed E-state index contributed by atoms with van der Waals surface area (Å²) in [5.41, 5.74) is 8.24. The summed E-state index contributed by atoms with van der Waals surface area (Å²) in [5.74, 6) is -0.132. The first-order valence-corrected chi connectivity index (χ1v) is 8.71. The number of hydrogen-bond acceptors (Lipinski definition) is 4. The van der Waals surface area contributed by atoms with Crippen LogP contribution < -0.4 is 11.1 Å². The lowest BCUT2D eigenvalue weighted by atomic mass is 9.81. The van der Waals surface area contributed by atoms with Gasteiger partial charge in [0.05, 0.1) is 11.0 Å². The van der Waals surface area contributed by atoms with Crippen LogP contribution in [-0.4, -0.2) is 17.4 Å². The Morgan fingerprint density at radius 3 is 2.65 bits per heavy atom. The molecule has 124 valence electrons. The highest BCUT2D eigenvalue weighted by atomic mass is 32.1. The number of carbonyl (C=O) groups is 1. The number of nitrogens with two attached hydrogens (primary N) is 1. The van der Waals surface area contributed by atoms with Gasteiger partial charge in [-0.05, 0) is 30.0 Å². The SMILES string of the molecule is Cc1ccccc1C(NC(=O)c1csc(CCN)n1)C(C)(C)C. The number of amides is 1. The third kappa shape index (κ3) is 4.39. The molecule has 0 spiro atoms. The second kappa shape index (κ2) is 7.23. The molecule has 0 radical (unpaired) electrons. The fraction of sp³-hybridized carbons (Fsp3) is 0.444. The Morgan fingerprint density at radius 1 is 1.35 bits per heavy atom. The maximum absolute atomic E-state index is 12.6. The Labute approximate surface area is 142 Å². The predicted molar refractivity (Wildman–Crippen MR) is 95.7 cm³/mol. The smallest absolute Gasteiger partial charge is 0.271 e. The minimum atomic E-state index is -0.132. The van der Waals surface area contributed by atoms with E-state index in [1.54, 1.807) is 5.38 Å². The highest BCUT2D eigenvalue weighted by molar-refractivity contribution is 7.09. The number of aryl methyl sites for hydroxylation is 1. The van der Waals surface area contributed by atoms with Crippen LogP contribution >= 0.6 is 11.3 Å². The highest BCUT2D eigenvalue weighted by Crippen LogP contribution is 2.34. The number of thiazole rings is 1. The van der Waals surface area contributed by atoms with Crippen LogP contribution in [0.25, 0.3) is 0 Å². The zero-order chi connectivity index (χ0) is 17.0. The van der Waals surface area contributed by atoms with E-state index in [0.29, 0.717) is 18.7 Å². The van der Waals surface area contributed by atoms with Crippen LogP contribution in [0.5, 0.6) is 0 Å². The third-order valence-electron chi connectivity index (χ3n) is 3.78. The van der Waals surface area contributed by atoms with E-state index < -0.39 is 0 Å². The predicted octanol–water partition coefficient (Wildman–Crippen LogP) is 3.47. The van der Waals surface area contributed by atoms with Crippen LogP contribution in [-0.2, 0) is 6.42 Å². The van der Waals surface area contributed by atoms with Gasteiger partial charge < -0.3 is 11.1 Å². The lowest BCUT2D eigenvalue weighted by Gasteiger charge is -2.32. The molecule has 1 aromatic carbocycles. The van der Waals surface area contributed by atoms with E-state index in [2.05, 4.69) is 50.1 Å². The summed E-state index contributed by atoms with van der Waals surface area (Å²) in [5, 5.41) is 5.87. The van der Waals surface area contributed by atoms with Crippen LogP contribution in [0.2, 0.25) is 0 Å². The zero-order valence-electron chi connectivity index (χ0n) is 14.2. The lowest BCUT2D eigenvalue weighted by Crippen LogP contribution is -2.37. The van der Waals surface area contributed by atoms with Crippen molar-refractivity contribution in [3.05, 3.63) is 51.5 Å².